The van der Waals surface area contributed by atoms with Crippen molar-refractivity contribution >= 4 is 16.7 Å². The molecule has 0 aliphatic rings. The maximum Gasteiger partial charge on any atom is 0.162 e. The number of benzene rings is 2. The second kappa shape index (κ2) is 7.13. The molecule has 2 aromatic heterocycles. The number of hydrogen-bond acceptors (Lipinski definition) is 4. The Labute approximate surface area is 146 Å². The number of rotatable bonds is 6. The van der Waals surface area contributed by atoms with Gasteiger partial charge < -0.3 is 5.32 Å². The Balaban J connectivity index is 1.58. The molecule has 4 aromatic rings. The van der Waals surface area contributed by atoms with Crippen molar-refractivity contribution in [2.75, 3.05) is 11.9 Å². The van der Waals surface area contributed by atoms with E-state index in [-0.39, 0.29) is 0 Å². The molecule has 0 unspecified atom stereocenters. The lowest BCUT2D eigenvalue weighted by Gasteiger charge is -2.11. The maximum atomic E-state index is 4.76. The van der Waals surface area contributed by atoms with Gasteiger partial charge in [0.25, 0.3) is 0 Å². The van der Waals surface area contributed by atoms with Gasteiger partial charge in [-0.3, -0.25) is 5.10 Å². The van der Waals surface area contributed by atoms with Crippen LogP contribution < -0.4 is 5.32 Å². The Morgan fingerprint density at radius 3 is 2.56 bits per heavy atom. The smallest absolute Gasteiger partial charge is 0.162 e. The maximum absolute atomic E-state index is 4.76. The van der Waals surface area contributed by atoms with Crippen molar-refractivity contribution in [3.05, 3.63) is 72.6 Å². The predicted molar refractivity (Wildman–Crippen MR) is 100 cm³/mol. The largest absolute Gasteiger partial charge is 0.369 e. The van der Waals surface area contributed by atoms with E-state index in [0.29, 0.717) is 0 Å². The third-order valence-corrected chi connectivity index (χ3v) is 4.11. The minimum absolute atomic E-state index is 0.746. The molecule has 25 heavy (non-hydrogen) atoms. The molecule has 2 N–H and O–H groups in total. The SMILES string of the molecule is c1ccc(-c2nc(NCCCc3ccn[nH]3)c3ccccc3n2)cc1. The Bertz CT molecular complexity index is 948. The number of H-pyrrole nitrogens is 1. The fourth-order valence-corrected chi connectivity index (χ4v) is 2.84. The molecule has 0 spiro atoms. The fourth-order valence-electron chi connectivity index (χ4n) is 2.84. The van der Waals surface area contributed by atoms with Crippen LogP contribution in [0.25, 0.3) is 22.3 Å². The summed E-state index contributed by atoms with van der Waals surface area (Å²) in [6.07, 6.45) is 3.75. The number of aromatic amines is 1. The molecule has 0 aliphatic carbocycles. The molecule has 0 saturated carbocycles. The first kappa shape index (κ1) is 15.3. The number of nitrogens with zero attached hydrogens (tertiary/aromatic N) is 3. The van der Waals surface area contributed by atoms with Crippen LogP contribution in [0.15, 0.2) is 66.9 Å². The van der Waals surface area contributed by atoms with Crippen molar-refractivity contribution in [2.24, 2.45) is 0 Å². The molecule has 2 heterocycles. The van der Waals surface area contributed by atoms with Crippen LogP contribution >= 0.6 is 0 Å². The number of nitrogens with one attached hydrogen (secondary N) is 2. The molecular formula is C20H19N5. The van der Waals surface area contributed by atoms with E-state index in [1.807, 2.05) is 54.6 Å². The minimum Gasteiger partial charge on any atom is -0.369 e. The van der Waals surface area contributed by atoms with Gasteiger partial charge in [0.15, 0.2) is 5.82 Å². The number of aryl methyl sites for hydroxylation is 1. The highest BCUT2D eigenvalue weighted by Gasteiger charge is 2.08. The van der Waals surface area contributed by atoms with Crippen LogP contribution in [0.2, 0.25) is 0 Å². The lowest BCUT2D eigenvalue weighted by Crippen LogP contribution is -2.07. The van der Waals surface area contributed by atoms with Crippen LogP contribution in [-0.4, -0.2) is 26.7 Å². The van der Waals surface area contributed by atoms with E-state index in [1.165, 1.54) is 0 Å². The van der Waals surface area contributed by atoms with Gasteiger partial charge >= 0.3 is 0 Å². The van der Waals surface area contributed by atoms with Crippen molar-refractivity contribution in [1.29, 1.82) is 0 Å². The van der Waals surface area contributed by atoms with Crippen LogP contribution in [-0.2, 0) is 6.42 Å². The Morgan fingerprint density at radius 2 is 1.72 bits per heavy atom. The van der Waals surface area contributed by atoms with E-state index in [0.717, 1.165) is 53.2 Å². The Morgan fingerprint density at radius 1 is 0.880 bits per heavy atom. The van der Waals surface area contributed by atoms with Gasteiger partial charge in [-0.1, -0.05) is 42.5 Å². The third kappa shape index (κ3) is 3.50. The van der Waals surface area contributed by atoms with Gasteiger partial charge in [0.05, 0.1) is 5.52 Å². The Kier molecular flexibility index (Phi) is 4.37. The molecule has 2 aromatic carbocycles. The van der Waals surface area contributed by atoms with Gasteiger partial charge in [-0.15, -0.1) is 0 Å². The number of para-hydroxylation sites is 1. The molecule has 5 heteroatoms. The number of hydrogen-bond donors (Lipinski definition) is 2. The standard InChI is InChI=1S/C20H19N5/c1-2-7-15(8-3-1)19-23-18-11-5-4-10-17(18)20(24-19)21-13-6-9-16-12-14-22-25-16/h1-5,7-8,10-12,14H,6,9,13H2,(H,22,25)(H,21,23,24). The molecule has 0 bridgehead atoms. The highest BCUT2D eigenvalue weighted by Crippen LogP contribution is 2.24. The van der Waals surface area contributed by atoms with Crippen LogP contribution in [0.4, 0.5) is 5.82 Å². The van der Waals surface area contributed by atoms with Crippen LogP contribution in [0, 0.1) is 0 Å². The molecule has 0 aliphatic heterocycles. The van der Waals surface area contributed by atoms with E-state index in [2.05, 4.69) is 21.6 Å². The summed E-state index contributed by atoms with van der Waals surface area (Å²) in [5, 5.41) is 11.5. The normalized spacial score (nSPS) is 10.9. The molecule has 0 amide bonds. The van der Waals surface area contributed by atoms with Gasteiger partial charge in [0, 0.05) is 29.4 Å². The highest BCUT2D eigenvalue weighted by atomic mass is 15.1. The zero-order chi connectivity index (χ0) is 16.9. The summed E-state index contributed by atoms with van der Waals surface area (Å²) < 4.78 is 0. The predicted octanol–water partition coefficient (Wildman–Crippen LogP) is 4.06. The highest BCUT2D eigenvalue weighted by molar-refractivity contribution is 5.90. The molecule has 5 nitrogen and oxygen atoms in total. The Hall–Kier alpha value is -3.21. The summed E-state index contributed by atoms with van der Waals surface area (Å²) in [4.78, 5) is 9.47. The van der Waals surface area contributed by atoms with E-state index in [4.69, 9.17) is 9.97 Å². The molecule has 0 fully saturated rings. The van der Waals surface area contributed by atoms with Gasteiger partial charge in [-0.05, 0) is 31.0 Å². The summed E-state index contributed by atoms with van der Waals surface area (Å²) in [6, 6.07) is 20.2. The zero-order valence-corrected chi connectivity index (χ0v) is 13.8. The van der Waals surface area contributed by atoms with Crippen molar-refractivity contribution in [3.63, 3.8) is 0 Å². The fraction of sp³-hybridized carbons (Fsp3) is 0.150. The van der Waals surface area contributed by atoms with Gasteiger partial charge in [0.1, 0.15) is 5.82 Å². The summed E-state index contributed by atoms with van der Waals surface area (Å²) in [5.41, 5.74) is 3.13. The molecule has 124 valence electrons. The first-order valence-electron chi connectivity index (χ1n) is 8.44. The third-order valence-electron chi connectivity index (χ3n) is 4.11. The van der Waals surface area contributed by atoms with Crippen LogP contribution in [0.5, 0.6) is 0 Å². The molecule has 4 rings (SSSR count). The van der Waals surface area contributed by atoms with Crippen molar-refractivity contribution in [3.8, 4) is 11.4 Å². The monoisotopic (exact) mass is 329 g/mol. The quantitative estimate of drug-likeness (QED) is 0.523. The average Bonchev–Trinajstić information content (AvgIpc) is 3.19. The summed E-state index contributed by atoms with van der Waals surface area (Å²) in [6.45, 7) is 0.842. The van der Waals surface area contributed by atoms with Gasteiger partial charge in [-0.2, -0.15) is 5.10 Å². The van der Waals surface area contributed by atoms with E-state index < -0.39 is 0 Å². The molecule has 0 radical (unpaired) electrons. The second-order valence-corrected chi connectivity index (χ2v) is 5.89. The number of fused-ring (bicyclic) bond motifs is 1. The van der Waals surface area contributed by atoms with E-state index in [9.17, 15) is 0 Å². The number of anilines is 1. The first-order chi connectivity index (χ1) is 12.4. The molecule has 0 saturated heterocycles. The van der Waals surface area contributed by atoms with Gasteiger partial charge in [-0.25, -0.2) is 9.97 Å². The average molecular weight is 329 g/mol. The van der Waals surface area contributed by atoms with E-state index >= 15 is 0 Å². The van der Waals surface area contributed by atoms with Gasteiger partial charge in [0.2, 0.25) is 0 Å². The lowest BCUT2D eigenvalue weighted by molar-refractivity contribution is 0.825. The summed E-state index contributed by atoms with van der Waals surface area (Å²) in [7, 11) is 0. The topological polar surface area (TPSA) is 66.5 Å². The van der Waals surface area contributed by atoms with Crippen molar-refractivity contribution < 1.29 is 0 Å². The number of aromatic nitrogens is 4. The zero-order valence-electron chi connectivity index (χ0n) is 13.8. The minimum atomic E-state index is 0.746. The summed E-state index contributed by atoms with van der Waals surface area (Å²) >= 11 is 0. The van der Waals surface area contributed by atoms with Crippen molar-refractivity contribution in [1.82, 2.24) is 20.2 Å². The van der Waals surface area contributed by atoms with E-state index in [1.54, 1.807) is 6.20 Å². The van der Waals surface area contributed by atoms with Crippen molar-refractivity contribution in [2.45, 2.75) is 12.8 Å². The molecular weight excluding hydrogens is 310 g/mol. The second-order valence-electron chi connectivity index (χ2n) is 5.89. The van der Waals surface area contributed by atoms with Crippen LogP contribution in [0.1, 0.15) is 12.1 Å². The summed E-state index contributed by atoms with van der Waals surface area (Å²) in [5.74, 6) is 1.63. The first-order valence-corrected chi connectivity index (χ1v) is 8.44. The lowest BCUT2D eigenvalue weighted by atomic mass is 10.2. The molecule has 0 atom stereocenters. The van der Waals surface area contributed by atoms with Crippen LogP contribution in [0.3, 0.4) is 0 Å².